The van der Waals surface area contributed by atoms with Crippen molar-refractivity contribution in [1.29, 1.82) is 0 Å². The maximum atomic E-state index is 12.3. The molecular weight excluding hydrogens is 300 g/mol. The van der Waals surface area contributed by atoms with E-state index in [1.54, 1.807) is 29.8 Å². The second kappa shape index (κ2) is 7.86. The lowest BCUT2D eigenvalue weighted by molar-refractivity contribution is 0.165. The first-order valence-electron chi connectivity index (χ1n) is 6.83. The number of nitrogens with one attached hydrogen (secondary N) is 2. The highest BCUT2D eigenvalue weighted by molar-refractivity contribution is 7.98. The first-order valence-corrected chi connectivity index (χ1v) is 8.05. The van der Waals surface area contributed by atoms with E-state index in [9.17, 15) is 4.79 Å². The number of urea groups is 1. The number of nitrogens with zero attached hydrogens (tertiary/aromatic N) is 2. The molecule has 0 saturated carbocycles. The zero-order valence-electron chi connectivity index (χ0n) is 12.9. The quantitative estimate of drug-likeness (QED) is 0.803. The van der Waals surface area contributed by atoms with Gasteiger partial charge in [-0.05, 0) is 24.5 Å². The molecule has 0 bridgehead atoms. The van der Waals surface area contributed by atoms with Crippen LogP contribution >= 0.6 is 11.8 Å². The van der Waals surface area contributed by atoms with Gasteiger partial charge >= 0.3 is 6.03 Å². The second-order valence-electron chi connectivity index (χ2n) is 4.69. The van der Waals surface area contributed by atoms with E-state index in [0.717, 1.165) is 16.3 Å². The highest BCUT2D eigenvalue weighted by atomic mass is 32.2. The lowest BCUT2D eigenvalue weighted by atomic mass is 10.2. The largest absolute Gasteiger partial charge is 0.382 e. The fraction of sp³-hybridized carbons (Fsp3) is 0.333. The van der Waals surface area contributed by atoms with Gasteiger partial charge in [-0.1, -0.05) is 12.1 Å². The van der Waals surface area contributed by atoms with Crippen LogP contribution in [-0.4, -0.2) is 35.8 Å². The Morgan fingerprint density at radius 2 is 2.18 bits per heavy atom. The van der Waals surface area contributed by atoms with E-state index >= 15 is 0 Å². The molecule has 0 aliphatic heterocycles. The van der Waals surface area contributed by atoms with Crippen LogP contribution in [0, 0.1) is 0 Å². The monoisotopic (exact) mass is 320 g/mol. The van der Waals surface area contributed by atoms with Crippen LogP contribution in [0.15, 0.2) is 41.4 Å². The molecule has 0 spiro atoms. The van der Waals surface area contributed by atoms with Gasteiger partial charge in [-0.3, -0.25) is 4.68 Å². The number of anilines is 1. The minimum atomic E-state index is -0.273. The SMILES string of the molecule is COC[C@@H](NC(=O)Nc1ccccc1SC)c1ccnn1C. The molecule has 22 heavy (non-hydrogen) atoms. The average Bonchev–Trinajstić information content (AvgIpc) is 2.93. The van der Waals surface area contributed by atoms with Crippen molar-refractivity contribution in [2.45, 2.75) is 10.9 Å². The van der Waals surface area contributed by atoms with Crippen molar-refractivity contribution in [2.24, 2.45) is 7.05 Å². The molecule has 2 rings (SSSR count). The standard InChI is InChI=1S/C15H20N4O2S/c1-19-13(8-9-16-19)12(10-21-2)18-15(20)17-11-6-4-5-7-14(11)22-3/h4-9,12H,10H2,1-3H3,(H2,17,18,20)/t12-/m1/s1. The smallest absolute Gasteiger partial charge is 0.319 e. The van der Waals surface area contributed by atoms with Crippen molar-refractivity contribution in [3.8, 4) is 0 Å². The summed E-state index contributed by atoms with van der Waals surface area (Å²) >= 11 is 1.59. The maximum Gasteiger partial charge on any atom is 0.319 e. The van der Waals surface area contributed by atoms with Gasteiger partial charge in [-0.15, -0.1) is 11.8 Å². The molecule has 0 aliphatic rings. The van der Waals surface area contributed by atoms with Crippen LogP contribution in [0.4, 0.5) is 10.5 Å². The molecule has 1 aromatic carbocycles. The Hall–Kier alpha value is -1.99. The summed E-state index contributed by atoms with van der Waals surface area (Å²) in [5, 5.41) is 9.92. The number of amides is 2. The van der Waals surface area contributed by atoms with E-state index in [4.69, 9.17) is 4.74 Å². The average molecular weight is 320 g/mol. The van der Waals surface area contributed by atoms with Gasteiger partial charge in [0, 0.05) is 25.2 Å². The zero-order chi connectivity index (χ0) is 15.9. The van der Waals surface area contributed by atoms with E-state index < -0.39 is 0 Å². The van der Waals surface area contributed by atoms with Gasteiger partial charge in [0.2, 0.25) is 0 Å². The number of methoxy groups -OCH3 is 1. The Morgan fingerprint density at radius 1 is 1.41 bits per heavy atom. The molecule has 1 aromatic heterocycles. The first-order chi connectivity index (χ1) is 10.7. The van der Waals surface area contributed by atoms with Gasteiger partial charge < -0.3 is 15.4 Å². The molecule has 2 aromatic rings. The number of thioether (sulfide) groups is 1. The molecule has 2 N–H and O–H groups in total. The number of ether oxygens (including phenoxy) is 1. The summed E-state index contributed by atoms with van der Waals surface area (Å²) in [6.07, 6.45) is 3.67. The fourth-order valence-corrected chi connectivity index (χ4v) is 2.71. The summed E-state index contributed by atoms with van der Waals surface area (Å²) in [6, 6.07) is 9.00. The molecule has 0 unspecified atom stereocenters. The van der Waals surface area contributed by atoms with Gasteiger partial charge in [0.1, 0.15) is 0 Å². The summed E-state index contributed by atoms with van der Waals surface area (Å²) in [5.41, 5.74) is 1.67. The predicted molar refractivity (Wildman–Crippen MR) is 88.2 cm³/mol. The number of benzene rings is 1. The third-order valence-electron chi connectivity index (χ3n) is 3.21. The van der Waals surface area contributed by atoms with Crippen LogP contribution in [0.2, 0.25) is 0 Å². The third kappa shape index (κ3) is 4.02. The summed E-state index contributed by atoms with van der Waals surface area (Å²) in [4.78, 5) is 13.3. The number of hydrogen-bond acceptors (Lipinski definition) is 4. The second-order valence-corrected chi connectivity index (χ2v) is 5.53. The number of rotatable bonds is 6. The van der Waals surface area contributed by atoms with Crippen LogP contribution in [0.1, 0.15) is 11.7 Å². The van der Waals surface area contributed by atoms with Crippen LogP contribution in [0.5, 0.6) is 0 Å². The van der Waals surface area contributed by atoms with Crippen LogP contribution < -0.4 is 10.6 Å². The van der Waals surface area contributed by atoms with E-state index in [0.29, 0.717) is 6.61 Å². The topological polar surface area (TPSA) is 68.2 Å². The number of carbonyl (C=O) groups excluding carboxylic acids is 1. The molecule has 7 heteroatoms. The maximum absolute atomic E-state index is 12.3. The van der Waals surface area contributed by atoms with Crippen LogP contribution in [-0.2, 0) is 11.8 Å². The van der Waals surface area contributed by atoms with Crippen molar-refractivity contribution < 1.29 is 9.53 Å². The molecule has 2 amide bonds. The molecule has 0 radical (unpaired) electrons. The molecule has 1 atom stereocenters. The molecule has 6 nitrogen and oxygen atoms in total. The fourth-order valence-electron chi connectivity index (χ4n) is 2.16. The van der Waals surface area contributed by atoms with Gasteiger partial charge in [0.15, 0.2) is 0 Å². The summed E-state index contributed by atoms with van der Waals surface area (Å²) in [6.45, 7) is 0.372. The van der Waals surface area contributed by atoms with E-state index in [1.807, 2.05) is 43.6 Å². The summed E-state index contributed by atoms with van der Waals surface area (Å²) in [5.74, 6) is 0. The van der Waals surface area contributed by atoms with Gasteiger partial charge in [0.05, 0.1) is 24.0 Å². The lowest BCUT2D eigenvalue weighted by Gasteiger charge is -2.19. The van der Waals surface area contributed by atoms with Crippen molar-refractivity contribution in [3.05, 3.63) is 42.2 Å². The Balaban J connectivity index is 2.07. The third-order valence-corrected chi connectivity index (χ3v) is 4.01. The van der Waals surface area contributed by atoms with Crippen molar-refractivity contribution in [1.82, 2.24) is 15.1 Å². The molecule has 0 aliphatic carbocycles. The highest BCUT2D eigenvalue weighted by Gasteiger charge is 2.18. The minimum absolute atomic E-state index is 0.265. The molecule has 1 heterocycles. The van der Waals surface area contributed by atoms with Crippen molar-refractivity contribution >= 4 is 23.5 Å². The number of aromatic nitrogens is 2. The molecular formula is C15H20N4O2S. The van der Waals surface area contributed by atoms with Gasteiger partial charge in [-0.2, -0.15) is 5.10 Å². The van der Waals surface area contributed by atoms with E-state index in [-0.39, 0.29) is 12.1 Å². The lowest BCUT2D eigenvalue weighted by Crippen LogP contribution is -2.35. The number of aryl methyl sites for hydroxylation is 1. The predicted octanol–water partition coefficient (Wildman–Crippen LogP) is 2.65. The Bertz CT molecular complexity index is 630. The highest BCUT2D eigenvalue weighted by Crippen LogP contribution is 2.24. The molecule has 0 saturated heterocycles. The van der Waals surface area contributed by atoms with Crippen molar-refractivity contribution in [3.63, 3.8) is 0 Å². The molecule has 118 valence electrons. The normalized spacial score (nSPS) is 12.0. The van der Waals surface area contributed by atoms with Crippen molar-refractivity contribution in [2.75, 3.05) is 25.3 Å². The van der Waals surface area contributed by atoms with Gasteiger partial charge in [0.25, 0.3) is 0 Å². The number of para-hydroxylation sites is 1. The number of hydrogen-bond donors (Lipinski definition) is 2. The Morgan fingerprint density at radius 3 is 2.82 bits per heavy atom. The van der Waals surface area contributed by atoms with Crippen LogP contribution in [0.3, 0.4) is 0 Å². The van der Waals surface area contributed by atoms with Crippen LogP contribution in [0.25, 0.3) is 0 Å². The summed E-state index contributed by atoms with van der Waals surface area (Å²) in [7, 11) is 3.44. The zero-order valence-corrected chi connectivity index (χ0v) is 13.7. The van der Waals surface area contributed by atoms with E-state index in [1.165, 1.54) is 0 Å². The number of carbonyl (C=O) groups is 1. The summed E-state index contributed by atoms with van der Waals surface area (Å²) < 4.78 is 6.91. The van der Waals surface area contributed by atoms with E-state index in [2.05, 4.69) is 15.7 Å². The Labute approximate surface area is 134 Å². The van der Waals surface area contributed by atoms with Gasteiger partial charge in [-0.25, -0.2) is 4.79 Å². The first kappa shape index (κ1) is 16.4. The minimum Gasteiger partial charge on any atom is -0.382 e. The Kier molecular flexibility index (Phi) is 5.85. The molecule has 0 fully saturated rings.